The SMILES string of the molecule is C=CCn1c(=NC(=O)c2ccc(NS(=O)(=O)c3ccc(OC)cc3)cc2)sc2cc(Cl)ccc21. The van der Waals surface area contributed by atoms with Gasteiger partial charge in [0.15, 0.2) is 4.80 Å². The Morgan fingerprint density at radius 2 is 1.85 bits per heavy atom. The number of benzene rings is 3. The normalized spacial score (nSPS) is 12.0. The van der Waals surface area contributed by atoms with Gasteiger partial charge in [-0.15, -0.1) is 6.58 Å². The number of carbonyl (C=O) groups is 1. The van der Waals surface area contributed by atoms with Gasteiger partial charge in [-0.25, -0.2) is 8.42 Å². The van der Waals surface area contributed by atoms with E-state index in [0.717, 1.165) is 10.2 Å². The fourth-order valence-electron chi connectivity index (χ4n) is 3.24. The van der Waals surface area contributed by atoms with Crippen molar-refractivity contribution in [1.29, 1.82) is 0 Å². The number of sulfonamides is 1. The molecule has 4 rings (SSSR count). The predicted octanol–water partition coefficient (Wildman–Crippen LogP) is 5.09. The van der Waals surface area contributed by atoms with E-state index in [-0.39, 0.29) is 4.90 Å². The summed E-state index contributed by atoms with van der Waals surface area (Å²) in [5.41, 5.74) is 1.56. The highest BCUT2D eigenvalue weighted by molar-refractivity contribution is 7.92. The van der Waals surface area contributed by atoms with Crippen LogP contribution >= 0.6 is 22.9 Å². The van der Waals surface area contributed by atoms with Crippen molar-refractivity contribution in [1.82, 2.24) is 4.57 Å². The van der Waals surface area contributed by atoms with Crippen LogP contribution in [0, 0.1) is 0 Å². The summed E-state index contributed by atoms with van der Waals surface area (Å²) in [6.45, 7) is 4.26. The second-order valence-electron chi connectivity index (χ2n) is 7.17. The summed E-state index contributed by atoms with van der Waals surface area (Å²) < 4.78 is 35.6. The third kappa shape index (κ3) is 5.06. The van der Waals surface area contributed by atoms with Crippen molar-refractivity contribution >= 4 is 54.8 Å². The summed E-state index contributed by atoms with van der Waals surface area (Å²) >= 11 is 7.45. The summed E-state index contributed by atoms with van der Waals surface area (Å²) in [5.74, 6) is 0.113. The number of anilines is 1. The van der Waals surface area contributed by atoms with Crippen LogP contribution in [0.1, 0.15) is 10.4 Å². The first-order chi connectivity index (χ1) is 16.3. The van der Waals surface area contributed by atoms with Crippen molar-refractivity contribution in [3.8, 4) is 5.75 Å². The quantitative estimate of drug-likeness (QED) is 0.348. The number of allylic oxidation sites excluding steroid dienone is 1. The molecule has 0 unspecified atom stereocenters. The van der Waals surface area contributed by atoms with Crippen LogP contribution in [0.15, 0.2) is 89.3 Å². The van der Waals surface area contributed by atoms with E-state index < -0.39 is 15.9 Å². The number of carbonyl (C=O) groups excluding carboxylic acids is 1. The van der Waals surface area contributed by atoms with E-state index in [0.29, 0.717) is 33.4 Å². The van der Waals surface area contributed by atoms with Crippen LogP contribution in [-0.2, 0) is 16.6 Å². The molecule has 0 saturated carbocycles. The number of amides is 1. The van der Waals surface area contributed by atoms with Crippen molar-refractivity contribution in [2.75, 3.05) is 11.8 Å². The fraction of sp³-hybridized carbons (Fsp3) is 0.0833. The number of nitrogens with zero attached hydrogens (tertiary/aromatic N) is 2. The maximum Gasteiger partial charge on any atom is 0.279 e. The minimum Gasteiger partial charge on any atom is -0.497 e. The van der Waals surface area contributed by atoms with Crippen molar-refractivity contribution < 1.29 is 17.9 Å². The Labute approximate surface area is 205 Å². The topological polar surface area (TPSA) is 89.8 Å². The lowest BCUT2D eigenvalue weighted by Crippen LogP contribution is -2.16. The minimum atomic E-state index is -3.79. The molecule has 0 bridgehead atoms. The van der Waals surface area contributed by atoms with Crippen molar-refractivity contribution in [2.24, 2.45) is 4.99 Å². The van der Waals surface area contributed by atoms with Crippen LogP contribution in [0.2, 0.25) is 5.02 Å². The Morgan fingerprint density at radius 3 is 2.50 bits per heavy atom. The number of halogens is 1. The predicted molar refractivity (Wildman–Crippen MR) is 135 cm³/mol. The lowest BCUT2D eigenvalue weighted by atomic mass is 10.2. The third-order valence-corrected chi connectivity index (χ3v) is 7.58. The van der Waals surface area contributed by atoms with Gasteiger partial charge >= 0.3 is 0 Å². The first-order valence-corrected chi connectivity index (χ1v) is 12.7. The number of aromatic nitrogens is 1. The number of thiazole rings is 1. The number of fused-ring (bicyclic) bond motifs is 1. The Kier molecular flexibility index (Phi) is 6.87. The molecule has 0 spiro atoms. The van der Waals surface area contributed by atoms with Crippen LogP contribution in [0.3, 0.4) is 0 Å². The fourth-order valence-corrected chi connectivity index (χ4v) is 5.61. The Balaban J connectivity index is 1.58. The van der Waals surface area contributed by atoms with Gasteiger partial charge in [0.25, 0.3) is 15.9 Å². The second-order valence-corrected chi connectivity index (χ2v) is 10.3. The molecule has 7 nitrogen and oxygen atoms in total. The smallest absolute Gasteiger partial charge is 0.279 e. The second kappa shape index (κ2) is 9.84. The third-order valence-electron chi connectivity index (χ3n) is 4.91. The van der Waals surface area contributed by atoms with Gasteiger partial charge in [0.2, 0.25) is 0 Å². The van der Waals surface area contributed by atoms with Gasteiger partial charge in [-0.2, -0.15) is 4.99 Å². The molecule has 0 fully saturated rings. The van der Waals surface area contributed by atoms with E-state index in [1.54, 1.807) is 24.3 Å². The standard InChI is InChI=1S/C24H20ClN3O4S2/c1-3-14-28-21-13-6-17(25)15-22(21)33-24(28)26-23(29)16-4-7-18(8-5-16)27-34(30,31)20-11-9-19(32-2)10-12-20/h3-13,15,27H,1,14H2,2H3. The highest BCUT2D eigenvalue weighted by Crippen LogP contribution is 2.23. The molecule has 1 N–H and O–H groups in total. The number of hydrogen-bond acceptors (Lipinski definition) is 5. The maximum atomic E-state index is 12.8. The molecule has 1 heterocycles. The highest BCUT2D eigenvalue weighted by atomic mass is 35.5. The summed E-state index contributed by atoms with van der Waals surface area (Å²) in [5, 5.41) is 0.602. The summed E-state index contributed by atoms with van der Waals surface area (Å²) in [6.07, 6.45) is 1.73. The van der Waals surface area contributed by atoms with Gasteiger partial charge < -0.3 is 9.30 Å². The van der Waals surface area contributed by atoms with E-state index in [1.807, 2.05) is 16.7 Å². The van der Waals surface area contributed by atoms with E-state index >= 15 is 0 Å². The molecule has 0 saturated heterocycles. The molecule has 4 aromatic rings. The van der Waals surface area contributed by atoms with Gasteiger partial charge in [0, 0.05) is 22.8 Å². The van der Waals surface area contributed by atoms with Gasteiger partial charge in [0.1, 0.15) is 5.75 Å². The van der Waals surface area contributed by atoms with Gasteiger partial charge in [-0.3, -0.25) is 9.52 Å². The Bertz CT molecular complexity index is 1540. The monoisotopic (exact) mass is 513 g/mol. The average molecular weight is 514 g/mol. The lowest BCUT2D eigenvalue weighted by molar-refractivity contribution is 0.0998. The first kappa shape index (κ1) is 23.7. The molecule has 0 aliphatic rings. The average Bonchev–Trinajstić information content (AvgIpc) is 3.15. The molecule has 0 radical (unpaired) electrons. The number of hydrogen-bond donors (Lipinski definition) is 1. The summed E-state index contributed by atoms with van der Waals surface area (Å²) in [4.78, 5) is 17.7. The minimum absolute atomic E-state index is 0.0973. The summed E-state index contributed by atoms with van der Waals surface area (Å²) in [6, 6.07) is 17.6. The maximum absolute atomic E-state index is 12.8. The Morgan fingerprint density at radius 1 is 1.15 bits per heavy atom. The van der Waals surface area contributed by atoms with Crippen LogP contribution in [0.5, 0.6) is 5.75 Å². The number of methoxy groups -OCH3 is 1. The molecule has 0 atom stereocenters. The van der Waals surface area contributed by atoms with Crippen LogP contribution in [0.25, 0.3) is 10.2 Å². The van der Waals surface area contributed by atoms with Gasteiger partial charge in [-0.1, -0.05) is 29.0 Å². The van der Waals surface area contributed by atoms with E-state index in [4.69, 9.17) is 16.3 Å². The van der Waals surface area contributed by atoms with Crippen molar-refractivity contribution in [2.45, 2.75) is 11.4 Å². The number of rotatable bonds is 7. The van der Waals surface area contributed by atoms with Crippen molar-refractivity contribution in [3.05, 3.63) is 94.8 Å². The molecular weight excluding hydrogens is 494 g/mol. The molecule has 10 heteroatoms. The van der Waals surface area contributed by atoms with Gasteiger partial charge in [0.05, 0.1) is 22.2 Å². The number of ether oxygens (including phenoxy) is 1. The first-order valence-electron chi connectivity index (χ1n) is 10.1. The molecule has 1 aromatic heterocycles. The van der Waals surface area contributed by atoms with Gasteiger partial charge in [-0.05, 0) is 66.7 Å². The molecular formula is C24H20ClN3O4S2. The van der Waals surface area contributed by atoms with E-state index in [2.05, 4.69) is 16.3 Å². The van der Waals surface area contributed by atoms with E-state index in [1.165, 1.54) is 54.8 Å². The highest BCUT2D eigenvalue weighted by Gasteiger charge is 2.15. The van der Waals surface area contributed by atoms with E-state index in [9.17, 15) is 13.2 Å². The van der Waals surface area contributed by atoms with Crippen LogP contribution < -0.4 is 14.3 Å². The molecule has 1 amide bonds. The molecule has 0 aliphatic heterocycles. The molecule has 0 aliphatic carbocycles. The molecule has 34 heavy (non-hydrogen) atoms. The largest absolute Gasteiger partial charge is 0.497 e. The zero-order valence-electron chi connectivity index (χ0n) is 18.1. The molecule has 174 valence electrons. The lowest BCUT2D eigenvalue weighted by Gasteiger charge is -2.09. The Hall–Kier alpha value is -3.40. The molecule has 3 aromatic carbocycles. The number of nitrogens with one attached hydrogen (secondary N) is 1. The zero-order chi connectivity index (χ0) is 24.3. The van der Waals surface area contributed by atoms with Crippen LogP contribution in [0.4, 0.5) is 5.69 Å². The zero-order valence-corrected chi connectivity index (χ0v) is 20.5. The van der Waals surface area contributed by atoms with Crippen LogP contribution in [-0.4, -0.2) is 26.0 Å². The summed E-state index contributed by atoms with van der Waals surface area (Å²) in [7, 11) is -2.28. The van der Waals surface area contributed by atoms with Crippen molar-refractivity contribution in [3.63, 3.8) is 0 Å².